The van der Waals surface area contributed by atoms with Crippen LogP contribution in [0.4, 0.5) is 0 Å². The van der Waals surface area contributed by atoms with Crippen LogP contribution in [0.1, 0.15) is 108 Å². The highest BCUT2D eigenvalue weighted by Gasteiger charge is 2.36. The number of amides is 4. The second-order valence-corrected chi connectivity index (χ2v) is 14.8. The number of unbranched alkanes of at least 4 members (excludes halogenated alkanes) is 8. The van der Waals surface area contributed by atoms with E-state index in [0.29, 0.717) is 48.4 Å². The molecule has 0 saturated heterocycles. The van der Waals surface area contributed by atoms with Gasteiger partial charge in [0.1, 0.15) is 42.3 Å². The Kier molecular flexibility index (Phi) is 20.3. The zero-order chi connectivity index (χ0) is 41.7. The van der Waals surface area contributed by atoms with E-state index >= 15 is 0 Å². The molecule has 57 heavy (non-hydrogen) atoms. The number of carboxylic acids is 1. The van der Waals surface area contributed by atoms with Crippen molar-refractivity contribution in [2.75, 3.05) is 39.8 Å². The summed E-state index contributed by atoms with van der Waals surface area (Å²) in [4.78, 5) is 68.5. The number of nitrogens with one attached hydrogen (secondary N) is 4. The molecule has 0 saturated carbocycles. The van der Waals surface area contributed by atoms with Crippen LogP contribution in [0.2, 0.25) is 0 Å². The van der Waals surface area contributed by atoms with Gasteiger partial charge in [-0.1, -0.05) is 64.0 Å². The monoisotopic (exact) mass is 795 g/mol. The number of nitrogens with two attached hydrogens (primary N) is 2. The van der Waals surface area contributed by atoms with Gasteiger partial charge in [-0.25, -0.2) is 4.79 Å². The molecule has 0 aliphatic carbocycles. The highest BCUT2D eigenvalue weighted by atomic mass is 16.5. The van der Waals surface area contributed by atoms with Crippen molar-refractivity contribution in [3.05, 3.63) is 47.5 Å². The number of carbonyl (C=O) groups excluding carboxylic acids is 4. The van der Waals surface area contributed by atoms with Crippen molar-refractivity contribution in [3.63, 3.8) is 0 Å². The zero-order valence-corrected chi connectivity index (χ0v) is 33.9. The van der Waals surface area contributed by atoms with Gasteiger partial charge >= 0.3 is 5.97 Å². The molecule has 316 valence electrons. The highest BCUT2D eigenvalue weighted by Crippen LogP contribution is 2.39. The molecule has 4 atom stereocenters. The Morgan fingerprint density at radius 2 is 1.61 bits per heavy atom. The first-order valence-electron chi connectivity index (χ1n) is 20.5. The molecule has 0 spiro atoms. The van der Waals surface area contributed by atoms with E-state index in [1.54, 1.807) is 30.3 Å². The summed E-state index contributed by atoms with van der Waals surface area (Å²) in [6.07, 6.45) is 11.2. The fourth-order valence-corrected chi connectivity index (χ4v) is 6.89. The molecule has 4 amide bonds. The van der Waals surface area contributed by atoms with Gasteiger partial charge in [0.15, 0.2) is 0 Å². The largest absolute Gasteiger partial charge is 0.507 e. The summed E-state index contributed by atoms with van der Waals surface area (Å²) in [5, 5.41) is 32.4. The van der Waals surface area contributed by atoms with Crippen LogP contribution >= 0.6 is 0 Å². The lowest BCUT2D eigenvalue weighted by Crippen LogP contribution is -2.54. The van der Waals surface area contributed by atoms with E-state index < -0.39 is 47.9 Å². The third-order valence-electron chi connectivity index (χ3n) is 10.2. The minimum atomic E-state index is -1.35. The van der Waals surface area contributed by atoms with Gasteiger partial charge in [0.2, 0.25) is 23.6 Å². The third-order valence-corrected chi connectivity index (χ3v) is 10.2. The van der Waals surface area contributed by atoms with Crippen molar-refractivity contribution in [3.8, 4) is 22.6 Å². The smallest absolute Gasteiger partial charge is 0.326 e. The van der Waals surface area contributed by atoms with E-state index in [4.69, 9.17) is 16.2 Å². The predicted molar refractivity (Wildman–Crippen MR) is 219 cm³/mol. The molecule has 1 heterocycles. The van der Waals surface area contributed by atoms with Crippen LogP contribution in [0.5, 0.6) is 11.5 Å². The molecule has 2 aromatic rings. The van der Waals surface area contributed by atoms with Crippen LogP contribution in [-0.2, 0) is 30.4 Å². The average Bonchev–Trinajstić information content (AvgIpc) is 3.18. The molecule has 0 fully saturated rings. The summed E-state index contributed by atoms with van der Waals surface area (Å²) in [6, 6.07) is 4.55. The molecule has 10 N–H and O–H groups in total. The average molecular weight is 796 g/mol. The van der Waals surface area contributed by atoms with Crippen LogP contribution < -0.4 is 37.5 Å². The number of hydrogen-bond donors (Lipinski definition) is 8. The van der Waals surface area contributed by atoms with E-state index in [-0.39, 0.29) is 49.6 Å². The second-order valence-electron chi connectivity index (χ2n) is 14.8. The topological polar surface area (TPSA) is 238 Å². The SMILES string of the molecule is CCCCCCCCCCNCCC(=O)NC(CCCCN)C(=O)N(C)C1C(=O)NC(C)C(=O)NC(C(=O)O)Cc2ccc(O)c(c2)-c2cc1ccc2OCCN. The number of phenolic OH excluding ortho intramolecular Hbond substituents is 1. The first kappa shape index (κ1) is 46.7. The minimum absolute atomic E-state index is 0.111. The molecule has 15 heteroatoms. The number of aliphatic carboxylic acids is 1. The van der Waals surface area contributed by atoms with Crippen LogP contribution in [0, 0.1) is 0 Å². The molecule has 4 bridgehead atoms. The summed E-state index contributed by atoms with van der Waals surface area (Å²) in [6.45, 7) is 5.61. The Hall–Kier alpha value is -4.73. The number of nitrogens with zero attached hydrogens (tertiary/aromatic N) is 1. The van der Waals surface area contributed by atoms with Gasteiger partial charge in [-0.3, -0.25) is 19.2 Å². The van der Waals surface area contributed by atoms with Gasteiger partial charge < -0.3 is 52.6 Å². The number of benzene rings is 2. The number of fused-ring (bicyclic) bond motifs is 5. The molecule has 15 nitrogen and oxygen atoms in total. The number of hydrogen-bond acceptors (Lipinski definition) is 10. The summed E-state index contributed by atoms with van der Waals surface area (Å²) >= 11 is 0. The van der Waals surface area contributed by atoms with E-state index in [1.807, 2.05) is 0 Å². The zero-order valence-electron chi connectivity index (χ0n) is 33.9. The maximum Gasteiger partial charge on any atom is 0.326 e. The first-order valence-corrected chi connectivity index (χ1v) is 20.5. The normalized spacial score (nSPS) is 17.5. The summed E-state index contributed by atoms with van der Waals surface area (Å²) in [7, 11) is 1.45. The molecule has 0 aromatic heterocycles. The predicted octanol–water partition coefficient (Wildman–Crippen LogP) is 3.26. The number of carboxylic acid groups (broad SMARTS) is 1. The van der Waals surface area contributed by atoms with Crippen LogP contribution in [-0.4, -0.2) is 103 Å². The molecule has 2 aromatic carbocycles. The number of carbonyl (C=O) groups is 5. The number of rotatable bonds is 23. The van der Waals surface area contributed by atoms with Crippen LogP contribution in [0.25, 0.3) is 11.1 Å². The van der Waals surface area contributed by atoms with E-state index in [9.17, 15) is 34.2 Å². The number of likely N-dealkylation sites (N-methyl/N-ethyl adjacent to an activating group) is 1. The van der Waals surface area contributed by atoms with E-state index in [0.717, 1.165) is 19.4 Å². The maximum absolute atomic E-state index is 14.4. The Morgan fingerprint density at radius 3 is 2.30 bits per heavy atom. The van der Waals surface area contributed by atoms with Gasteiger partial charge in [0.25, 0.3) is 0 Å². The Morgan fingerprint density at radius 1 is 0.895 bits per heavy atom. The van der Waals surface area contributed by atoms with E-state index in [2.05, 4.69) is 28.2 Å². The number of phenols is 1. The van der Waals surface area contributed by atoms with Crippen molar-refractivity contribution in [2.45, 2.75) is 121 Å². The summed E-state index contributed by atoms with van der Waals surface area (Å²) in [5.74, 6) is -3.43. The van der Waals surface area contributed by atoms with Gasteiger partial charge in [0, 0.05) is 44.1 Å². The molecule has 3 rings (SSSR count). The van der Waals surface area contributed by atoms with Crippen molar-refractivity contribution >= 4 is 29.6 Å². The maximum atomic E-state index is 14.4. The highest BCUT2D eigenvalue weighted by molar-refractivity contribution is 5.96. The molecule has 1 aliphatic rings. The minimum Gasteiger partial charge on any atom is -0.507 e. The van der Waals surface area contributed by atoms with Crippen molar-refractivity contribution in [2.24, 2.45) is 11.5 Å². The summed E-state index contributed by atoms with van der Waals surface area (Å²) in [5.41, 5.74) is 13.0. The van der Waals surface area contributed by atoms with Gasteiger partial charge in [-0.2, -0.15) is 0 Å². The standard InChI is InChI=1S/C42H65N7O8/c1-4-5-6-7-8-9-10-13-22-45-23-19-37(51)47-33(14-11-12-20-43)41(54)49(3)38-30-16-18-36(57-24-21-44)32(27-30)31-25-29(15-17-35(31)50)26-34(42(55)56)48-39(52)28(2)46-40(38)53/h15-18,25,27-28,33-34,38,45,50H,4-14,19-24,26,43-44H2,1-3H3,(H,46,53)(H,47,51)(H,48,52)(H,55,56). The molecule has 0 radical (unpaired) electrons. The number of ether oxygens (including phenoxy) is 1. The Bertz CT molecular complexity index is 1620. The lowest BCUT2D eigenvalue weighted by molar-refractivity contribution is -0.144. The lowest BCUT2D eigenvalue weighted by atomic mass is 9.93. The Balaban J connectivity index is 1.91. The Labute approximate surface area is 337 Å². The van der Waals surface area contributed by atoms with E-state index in [1.165, 1.54) is 63.5 Å². The molecule has 4 unspecified atom stereocenters. The van der Waals surface area contributed by atoms with Gasteiger partial charge in [-0.15, -0.1) is 0 Å². The van der Waals surface area contributed by atoms with Gasteiger partial charge in [-0.05, 0) is 81.1 Å². The fraction of sp³-hybridized carbons (Fsp3) is 0.595. The lowest BCUT2D eigenvalue weighted by Gasteiger charge is -2.32. The van der Waals surface area contributed by atoms with Crippen molar-refractivity contribution < 1.29 is 38.9 Å². The quantitative estimate of drug-likeness (QED) is 0.0760. The molecular weight excluding hydrogens is 731 g/mol. The van der Waals surface area contributed by atoms with Crippen molar-refractivity contribution in [1.29, 1.82) is 0 Å². The van der Waals surface area contributed by atoms with Crippen molar-refractivity contribution in [1.82, 2.24) is 26.2 Å². The second kappa shape index (κ2) is 24.8. The summed E-state index contributed by atoms with van der Waals surface area (Å²) < 4.78 is 5.93. The van der Waals surface area contributed by atoms with Crippen LogP contribution in [0.15, 0.2) is 36.4 Å². The molecule has 1 aliphatic heterocycles. The number of aromatic hydroxyl groups is 1. The first-order chi connectivity index (χ1) is 27.4. The third kappa shape index (κ3) is 14.9. The molecular formula is C42H65N7O8. The van der Waals surface area contributed by atoms with Gasteiger partial charge in [0.05, 0.1) is 0 Å². The van der Waals surface area contributed by atoms with Crippen LogP contribution in [0.3, 0.4) is 0 Å². The fourth-order valence-electron chi connectivity index (χ4n) is 6.89.